The Morgan fingerprint density at radius 3 is 2.69 bits per heavy atom. The molecule has 1 unspecified atom stereocenters. The maximum Gasteiger partial charge on any atom is 0.138 e. The lowest BCUT2D eigenvalue weighted by molar-refractivity contribution is 0.387. The van der Waals surface area contributed by atoms with Crippen molar-refractivity contribution in [2.45, 2.75) is 19.5 Å². The highest BCUT2D eigenvalue weighted by Gasteiger charge is 2.18. The van der Waals surface area contributed by atoms with Crippen LogP contribution >= 0.6 is 23.4 Å². The van der Waals surface area contributed by atoms with Gasteiger partial charge in [-0.1, -0.05) is 41.6 Å². The van der Waals surface area contributed by atoms with Crippen molar-refractivity contribution in [2.75, 3.05) is 7.05 Å². The molecule has 0 fully saturated rings. The van der Waals surface area contributed by atoms with Gasteiger partial charge in [0.1, 0.15) is 12.2 Å². The molecule has 1 heterocycles. The maximum absolute atomic E-state index is 9.50. The molecule has 6 nitrogen and oxygen atoms in total. The van der Waals surface area contributed by atoms with Gasteiger partial charge in [-0.3, -0.25) is 5.41 Å². The lowest BCUT2D eigenvalue weighted by Gasteiger charge is -2.25. The quantitative estimate of drug-likeness (QED) is 0.347. The summed E-state index contributed by atoms with van der Waals surface area (Å²) in [5.74, 6) is 0.212. The summed E-state index contributed by atoms with van der Waals surface area (Å²) in [5.41, 5.74) is 14.7. The molecule has 0 saturated heterocycles. The molecule has 29 heavy (non-hydrogen) atoms. The van der Waals surface area contributed by atoms with E-state index in [2.05, 4.69) is 11.1 Å². The molecule has 0 amide bonds. The average molecular weight is 427 g/mol. The second-order valence-electron chi connectivity index (χ2n) is 6.30. The Morgan fingerprint density at radius 2 is 2.10 bits per heavy atom. The monoisotopic (exact) mass is 426 g/mol. The van der Waals surface area contributed by atoms with Crippen LogP contribution in [-0.4, -0.2) is 30.3 Å². The molecule has 0 bridgehead atoms. The van der Waals surface area contributed by atoms with E-state index in [0.717, 1.165) is 22.4 Å². The maximum atomic E-state index is 9.50. The van der Waals surface area contributed by atoms with Crippen molar-refractivity contribution in [1.29, 1.82) is 10.7 Å². The van der Waals surface area contributed by atoms with E-state index in [4.69, 9.17) is 28.5 Å². The Hall–Kier alpha value is -2.79. The molecule has 150 valence electrons. The van der Waals surface area contributed by atoms with E-state index in [1.54, 1.807) is 6.92 Å². The first-order valence-corrected chi connectivity index (χ1v) is 9.99. The second-order valence-corrected chi connectivity index (χ2v) is 7.79. The summed E-state index contributed by atoms with van der Waals surface area (Å²) >= 11 is 7.29. The van der Waals surface area contributed by atoms with Crippen molar-refractivity contribution >= 4 is 35.5 Å². The Balaban J connectivity index is 2.40. The van der Waals surface area contributed by atoms with Gasteiger partial charge in [0, 0.05) is 28.7 Å². The first kappa shape index (κ1) is 22.5. The van der Waals surface area contributed by atoms with Crippen LogP contribution in [0, 0.1) is 16.7 Å². The first-order valence-electron chi connectivity index (χ1n) is 8.79. The minimum atomic E-state index is -0.286. The van der Waals surface area contributed by atoms with Crippen molar-refractivity contribution in [3.63, 3.8) is 0 Å². The van der Waals surface area contributed by atoms with Crippen LogP contribution < -0.4 is 11.5 Å². The number of nitrogens with one attached hydrogen (secondary N) is 1. The lowest BCUT2D eigenvalue weighted by Crippen LogP contribution is -2.35. The van der Waals surface area contributed by atoms with Gasteiger partial charge in [-0.2, -0.15) is 5.26 Å². The van der Waals surface area contributed by atoms with Crippen LogP contribution in [0.1, 0.15) is 12.5 Å². The Kier molecular flexibility index (Phi) is 8.28. The fourth-order valence-corrected chi connectivity index (χ4v) is 3.60. The summed E-state index contributed by atoms with van der Waals surface area (Å²) in [6.07, 6.45) is 8.82. The summed E-state index contributed by atoms with van der Waals surface area (Å²) < 4.78 is 0. The molecule has 2 rings (SSSR count). The summed E-state index contributed by atoms with van der Waals surface area (Å²) in [4.78, 5) is 7.19. The second kappa shape index (κ2) is 10.7. The number of nitrogens with zero attached hydrogens (tertiary/aromatic N) is 3. The Bertz CT molecular complexity index is 950. The smallest absolute Gasteiger partial charge is 0.138 e. The van der Waals surface area contributed by atoms with Crippen molar-refractivity contribution in [3.8, 4) is 6.07 Å². The molecule has 8 heteroatoms. The highest BCUT2D eigenvalue weighted by molar-refractivity contribution is 8.07. The zero-order chi connectivity index (χ0) is 21.4. The predicted molar refractivity (Wildman–Crippen MR) is 123 cm³/mol. The standard InChI is InChI=1S/C21H23ClN6S/c1-14(12-23)20(16-9-10-28(2)19(25)11-16)29-18(21(26)27-13-24)8-5-15-3-6-17(22)7-4-15/h3-4,6-11,13,19H,5,25H2,1-2H3,(H3,24,26,27)/b18-8+,20-14+. The van der Waals surface area contributed by atoms with Gasteiger partial charge in [-0.05, 0) is 48.8 Å². The number of aliphatic imine (C=N–C) groups is 1. The number of rotatable bonds is 7. The number of benzene rings is 1. The zero-order valence-corrected chi connectivity index (χ0v) is 17.8. The molecule has 1 aliphatic heterocycles. The van der Waals surface area contributed by atoms with Gasteiger partial charge in [-0.25, -0.2) is 4.99 Å². The first-order chi connectivity index (χ1) is 13.8. The number of hydrogen-bond donors (Lipinski definition) is 3. The molecule has 0 aromatic heterocycles. The molecule has 1 aliphatic rings. The highest BCUT2D eigenvalue weighted by Crippen LogP contribution is 2.36. The SMILES string of the molecule is C/C(C#N)=C(\S/C(=C/Cc1ccc(Cl)cc1)C(N)=NC=N)C1=CC(N)N(C)C=C1. The van der Waals surface area contributed by atoms with Crippen LogP contribution in [0.4, 0.5) is 0 Å². The number of amidine groups is 1. The Labute approximate surface area is 180 Å². The molecule has 1 atom stereocenters. The van der Waals surface area contributed by atoms with E-state index < -0.39 is 0 Å². The molecular weight excluding hydrogens is 404 g/mol. The third-order valence-corrected chi connectivity index (χ3v) is 5.78. The topological polar surface area (TPSA) is 115 Å². The zero-order valence-electron chi connectivity index (χ0n) is 16.3. The fourth-order valence-electron chi connectivity index (χ4n) is 2.48. The molecule has 1 aromatic carbocycles. The lowest BCUT2D eigenvalue weighted by atomic mass is 10.1. The minimum absolute atomic E-state index is 0.212. The van der Waals surface area contributed by atoms with Gasteiger partial charge >= 0.3 is 0 Å². The fraction of sp³-hybridized carbons (Fsp3) is 0.190. The molecular formula is C21H23ClN6S. The van der Waals surface area contributed by atoms with Crippen molar-refractivity contribution in [3.05, 3.63) is 80.2 Å². The average Bonchev–Trinajstić information content (AvgIpc) is 2.71. The number of allylic oxidation sites excluding steroid dienone is 4. The van der Waals surface area contributed by atoms with E-state index in [1.807, 2.05) is 60.6 Å². The number of likely N-dealkylation sites (N-methyl/N-ethyl adjacent to an activating group) is 1. The van der Waals surface area contributed by atoms with Gasteiger partial charge < -0.3 is 16.4 Å². The summed E-state index contributed by atoms with van der Waals surface area (Å²) in [6, 6.07) is 9.73. The third-order valence-electron chi connectivity index (χ3n) is 4.18. The summed E-state index contributed by atoms with van der Waals surface area (Å²) in [7, 11) is 1.88. The van der Waals surface area contributed by atoms with Crippen LogP contribution in [0.15, 0.2) is 74.6 Å². The molecule has 0 spiro atoms. The van der Waals surface area contributed by atoms with Crippen molar-refractivity contribution < 1.29 is 0 Å². The van der Waals surface area contributed by atoms with Crippen molar-refractivity contribution in [2.24, 2.45) is 16.5 Å². The van der Waals surface area contributed by atoms with Gasteiger partial charge in [0.2, 0.25) is 0 Å². The van der Waals surface area contributed by atoms with E-state index in [-0.39, 0.29) is 12.0 Å². The van der Waals surface area contributed by atoms with Crippen LogP contribution in [-0.2, 0) is 6.42 Å². The number of nitriles is 1. The van der Waals surface area contributed by atoms with Gasteiger partial charge in [-0.15, -0.1) is 0 Å². The van der Waals surface area contributed by atoms with E-state index in [1.165, 1.54) is 11.8 Å². The van der Waals surface area contributed by atoms with Gasteiger partial charge in [0.05, 0.1) is 17.1 Å². The third kappa shape index (κ3) is 6.36. The number of thioether (sulfide) groups is 1. The van der Waals surface area contributed by atoms with Crippen LogP contribution in [0.5, 0.6) is 0 Å². The largest absolute Gasteiger partial charge is 0.383 e. The van der Waals surface area contributed by atoms with Crippen LogP contribution in [0.2, 0.25) is 5.02 Å². The van der Waals surface area contributed by atoms with Crippen LogP contribution in [0.25, 0.3) is 0 Å². The molecule has 0 saturated carbocycles. The molecule has 0 aliphatic carbocycles. The molecule has 0 radical (unpaired) electrons. The van der Waals surface area contributed by atoms with Crippen molar-refractivity contribution in [1.82, 2.24) is 4.90 Å². The van der Waals surface area contributed by atoms with E-state index in [0.29, 0.717) is 21.9 Å². The molecule has 1 aromatic rings. The summed E-state index contributed by atoms with van der Waals surface area (Å²) in [5, 5.41) is 17.4. The van der Waals surface area contributed by atoms with Gasteiger partial charge in [0.25, 0.3) is 0 Å². The normalized spacial score (nSPS) is 18.1. The minimum Gasteiger partial charge on any atom is -0.383 e. The Morgan fingerprint density at radius 1 is 1.41 bits per heavy atom. The number of halogens is 1. The summed E-state index contributed by atoms with van der Waals surface area (Å²) in [6.45, 7) is 1.75. The van der Waals surface area contributed by atoms with Gasteiger partial charge in [0.15, 0.2) is 0 Å². The predicted octanol–water partition coefficient (Wildman–Crippen LogP) is 3.93. The van der Waals surface area contributed by atoms with E-state index >= 15 is 0 Å². The van der Waals surface area contributed by atoms with Crippen LogP contribution in [0.3, 0.4) is 0 Å². The highest BCUT2D eigenvalue weighted by atomic mass is 35.5. The van der Waals surface area contributed by atoms with E-state index in [9.17, 15) is 5.26 Å². The number of nitrogens with two attached hydrogens (primary N) is 2. The molecule has 5 N–H and O–H groups in total. The number of hydrogen-bond acceptors (Lipinski definition) is 5.